The number of rotatable bonds is 4. The minimum atomic E-state index is -0.824. The second kappa shape index (κ2) is 8.12. The van der Waals surface area contributed by atoms with Gasteiger partial charge in [-0.3, -0.25) is 9.59 Å². The quantitative estimate of drug-likeness (QED) is 0.878. The summed E-state index contributed by atoms with van der Waals surface area (Å²) in [4.78, 5) is 28.3. The zero-order chi connectivity index (χ0) is 18.5. The Balaban J connectivity index is 1.76. The van der Waals surface area contributed by atoms with Gasteiger partial charge in [-0.2, -0.15) is 5.10 Å². The number of carbonyl (C=O) groups excluding carboxylic acids is 1. The van der Waals surface area contributed by atoms with Crippen molar-refractivity contribution in [2.45, 2.75) is 51.5 Å². The first-order chi connectivity index (χ1) is 12.6. The summed E-state index contributed by atoms with van der Waals surface area (Å²) in [5, 5.41) is 16.6. The van der Waals surface area contributed by atoms with Crippen molar-refractivity contribution >= 4 is 11.9 Å². The van der Waals surface area contributed by atoms with Gasteiger partial charge in [0.05, 0.1) is 11.6 Å². The van der Waals surface area contributed by atoms with Crippen molar-refractivity contribution in [1.82, 2.24) is 20.1 Å². The van der Waals surface area contributed by atoms with Crippen LogP contribution >= 0.6 is 0 Å². The van der Waals surface area contributed by atoms with Crippen LogP contribution in [0.3, 0.4) is 0 Å². The summed E-state index contributed by atoms with van der Waals surface area (Å²) >= 11 is 0. The molecule has 2 aromatic rings. The third-order valence-electron chi connectivity index (χ3n) is 5.04. The van der Waals surface area contributed by atoms with Crippen LogP contribution in [0.25, 0.3) is 5.69 Å². The van der Waals surface area contributed by atoms with Crippen molar-refractivity contribution in [3.63, 3.8) is 0 Å². The van der Waals surface area contributed by atoms with E-state index in [4.69, 9.17) is 0 Å². The fraction of sp³-hybridized carbons (Fsp3) is 0.474. The van der Waals surface area contributed by atoms with Crippen LogP contribution in [0.1, 0.15) is 54.4 Å². The number of carbonyl (C=O) groups is 2. The lowest BCUT2D eigenvalue weighted by Gasteiger charge is -2.27. The van der Waals surface area contributed by atoms with Gasteiger partial charge in [0.15, 0.2) is 0 Å². The van der Waals surface area contributed by atoms with E-state index in [9.17, 15) is 14.7 Å². The van der Waals surface area contributed by atoms with E-state index in [1.54, 1.807) is 17.1 Å². The number of benzene rings is 1. The largest absolute Gasteiger partial charge is 0.481 e. The number of amides is 1. The summed E-state index contributed by atoms with van der Waals surface area (Å²) in [6.07, 6.45) is 8.37. The van der Waals surface area contributed by atoms with E-state index in [0.717, 1.165) is 36.9 Å². The lowest BCUT2D eigenvalue weighted by Crippen LogP contribution is -2.44. The Morgan fingerprint density at radius 1 is 1.19 bits per heavy atom. The standard InChI is InChI=1S/C19H24N4O3/c1-13-10-14(23-12-20-11-21-23)8-9-15(13)18(24)22-17-7-5-3-2-4-6-16(17)19(25)26/h8-12,16-17H,2-7H2,1H3,(H,22,24)(H,25,26). The maximum Gasteiger partial charge on any atom is 0.308 e. The molecule has 1 aliphatic carbocycles. The summed E-state index contributed by atoms with van der Waals surface area (Å²) in [7, 11) is 0. The van der Waals surface area contributed by atoms with Gasteiger partial charge < -0.3 is 10.4 Å². The van der Waals surface area contributed by atoms with Crippen LogP contribution in [0.5, 0.6) is 0 Å². The molecule has 2 N–H and O–H groups in total. The van der Waals surface area contributed by atoms with Gasteiger partial charge in [0.1, 0.15) is 12.7 Å². The molecule has 0 radical (unpaired) electrons. The van der Waals surface area contributed by atoms with E-state index in [-0.39, 0.29) is 11.9 Å². The number of carboxylic acids is 1. The molecule has 1 aromatic carbocycles. The molecule has 1 heterocycles. The first-order valence-electron chi connectivity index (χ1n) is 9.05. The molecular weight excluding hydrogens is 332 g/mol. The van der Waals surface area contributed by atoms with E-state index in [2.05, 4.69) is 15.4 Å². The highest BCUT2D eigenvalue weighted by molar-refractivity contribution is 5.96. The third-order valence-corrected chi connectivity index (χ3v) is 5.04. The van der Waals surface area contributed by atoms with Gasteiger partial charge in [-0.25, -0.2) is 9.67 Å². The molecule has 138 valence electrons. The average molecular weight is 356 g/mol. The molecule has 7 heteroatoms. The van der Waals surface area contributed by atoms with Gasteiger partial charge in [-0.05, 0) is 43.5 Å². The molecule has 26 heavy (non-hydrogen) atoms. The lowest BCUT2D eigenvalue weighted by atomic mass is 9.86. The Kier molecular flexibility index (Phi) is 5.65. The number of aryl methyl sites for hydroxylation is 1. The summed E-state index contributed by atoms with van der Waals surface area (Å²) in [5.74, 6) is -1.56. The van der Waals surface area contributed by atoms with E-state index in [0.29, 0.717) is 18.4 Å². The van der Waals surface area contributed by atoms with E-state index in [1.165, 1.54) is 6.33 Å². The van der Waals surface area contributed by atoms with Crippen molar-refractivity contribution in [3.05, 3.63) is 42.0 Å². The first-order valence-corrected chi connectivity index (χ1v) is 9.05. The molecule has 2 unspecified atom stereocenters. The first kappa shape index (κ1) is 18.1. The molecule has 0 spiro atoms. The second-order valence-corrected chi connectivity index (χ2v) is 6.86. The molecule has 1 amide bonds. The van der Waals surface area contributed by atoms with Crippen molar-refractivity contribution < 1.29 is 14.7 Å². The van der Waals surface area contributed by atoms with E-state index >= 15 is 0 Å². The van der Waals surface area contributed by atoms with Gasteiger partial charge in [0.2, 0.25) is 0 Å². The van der Waals surface area contributed by atoms with Crippen molar-refractivity contribution in [2.75, 3.05) is 0 Å². The predicted octanol–water partition coefficient (Wildman–Crippen LogP) is 2.73. The van der Waals surface area contributed by atoms with Crippen LogP contribution in [-0.2, 0) is 4.79 Å². The smallest absolute Gasteiger partial charge is 0.308 e. The van der Waals surface area contributed by atoms with Crippen molar-refractivity contribution in [2.24, 2.45) is 5.92 Å². The molecule has 0 bridgehead atoms. The summed E-state index contributed by atoms with van der Waals surface area (Å²) in [5.41, 5.74) is 2.19. The third kappa shape index (κ3) is 4.09. The monoisotopic (exact) mass is 356 g/mol. The predicted molar refractivity (Wildman–Crippen MR) is 96.2 cm³/mol. The van der Waals surface area contributed by atoms with Gasteiger partial charge in [-0.15, -0.1) is 0 Å². The SMILES string of the molecule is Cc1cc(-n2cncn2)ccc1C(=O)NC1CCCCCCC1C(=O)O. The van der Waals surface area contributed by atoms with Crippen LogP contribution in [0.15, 0.2) is 30.9 Å². The molecule has 0 aliphatic heterocycles. The molecule has 1 fully saturated rings. The number of nitrogens with zero attached hydrogens (tertiary/aromatic N) is 3. The Bertz CT molecular complexity index is 773. The van der Waals surface area contributed by atoms with Crippen LogP contribution in [-0.4, -0.2) is 37.8 Å². The van der Waals surface area contributed by atoms with E-state index in [1.807, 2.05) is 19.1 Å². The van der Waals surface area contributed by atoms with Gasteiger partial charge in [0, 0.05) is 11.6 Å². The van der Waals surface area contributed by atoms with E-state index < -0.39 is 11.9 Å². The van der Waals surface area contributed by atoms with Crippen molar-refractivity contribution in [1.29, 1.82) is 0 Å². The Morgan fingerprint density at radius 3 is 2.62 bits per heavy atom. The Morgan fingerprint density at radius 2 is 1.96 bits per heavy atom. The number of aliphatic carboxylic acids is 1. The minimum absolute atomic E-state index is 0.218. The van der Waals surface area contributed by atoms with Crippen LogP contribution in [0.4, 0.5) is 0 Å². The van der Waals surface area contributed by atoms with Gasteiger partial charge in [0.25, 0.3) is 5.91 Å². The average Bonchev–Trinajstić information content (AvgIpc) is 3.11. The van der Waals surface area contributed by atoms with Crippen LogP contribution in [0, 0.1) is 12.8 Å². The fourth-order valence-corrected chi connectivity index (χ4v) is 3.59. The highest BCUT2D eigenvalue weighted by Crippen LogP contribution is 2.24. The lowest BCUT2D eigenvalue weighted by molar-refractivity contribution is -0.143. The molecule has 1 aromatic heterocycles. The van der Waals surface area contributed by atoms with Crippen LogP contribution in [0.2, 0.25) is 0 Å². The Labute approximate surface area is 152 Å². The number of hydrogen-bond acceptors (Lipinski definition) is 4. The summed E-state index contributed by atoms with van der Waals surface area (Å²) in [6.45, 7) is 1.86. The zero-order valence-electron chi connectivity index (χ0n) is 14.9. The number of carboxylic acid groups (broad SMARTS) is 1. The fourth-order valence-electron chi connectivity index (χ4n) is 3.59. The normalized spacial score (nSPS) is 20.8. The zero-order valence-corrected chi connectivity index (χ0v) is 14.9. The molecule has 1 saturated carbocycles. The van der Waals surface area contributed by atoms with Gasteiger partial charge >= 0.3 is 5.97 Å². The number of hydrogen-bond donors (Lipinski definition) is 2. The molecular formula is C19H24N4O3. The minimum Gasteiger partial charge on any atom is -0.481 e. The topological polar surface area (TPSA) is 97.1 Å². The number of aromatic nitrogens is 3. The van der Waals surface area contributed by atoms with Gasteiger partial charge in [-0.1, -0.05) is 25.7 Å². The molecule has 1 aliphatic rings. The maximum absolute atomic E-state index is 12.8. The highest BCUT2D eigenvalue weighted by atomic mass is 16.4. The Hall–Kier alpha value is -2.70. The molecule has 3 rings (SSSR count). The highest BCUT2D eigenvalue weighted by Gasteiger charge is 2.30. The summed E-state index contributed by atoms with van der Waals surface area (Å²) < 4.78 is 1.63. The number of nitrogens with one attached hydrogen (secondary N) is 1. The molecule has 0 saturated heterocycles. The molecule has 2 atom stereocenters. The second-order valence-electron chi connectivity index (χ2n) is 6.86. The maximum atomic E-state index is 12.8. The van der Waals surface area contributed by atoms with Crippen LogP contribution < -0.4 is 5.32 Å². The molecule has 7 nitrogen and oxygen atoms in total. The van der Waals surface area contributed by atoms with Crippen molar-refractivity contribution in [3.8, 4) is 5.69 Å². The summed E-state index contributed by atoms with van der Waals surface area (Å²) in [6, 6.07) is 5.11.